The number of non-ortho nitro benzene ring substituents is 1. The topological polar surface area (TPSA) is 102 Å². The molecule has 0 aliphatic heterocycles. The Bertz CT molecular complexity index is 1010. The number of nitriles is 1. The summed E-state index contributed by atoms with van der Waals surface area (Å²) in [6, 6.07) is 12.0. The second kappa shape index (κ2) is 9.56. The number of nitro groups is 1. The zero-order valence-electron chi connectivity index (χ0n) is 15.0. The van der Waals surface area contributed by atoms with Gasteiger partial charge in [0.15, 0.2) is 11.5 Å². The Morgan fingerprint density at radius 1 is 1.25 bits per heavy atom. The van der Waals surface area contributed by atoms with E-state index in [4.69, 9.17) is 15.9 Å². The van der Waals surface area contributed by atoms with Gasteiger partial charge >= 0.3 is 0 Å². The summed E-state index contributed by atoms with van der Waals surface area (Å²) in [5.74, 6) is 2.62. The van der Waals surface area contributed by atoms with E-state index in [9.17, 15) is 20.2 Å². The zero-order valence-corrected chi connectivity index (χ0v) is 15.0. The third-order valence-corrected chi connectivity index (χ3v) is 3.57. The van der Waals surface area contributed by atoms with Crippen LogP contribution in [-0.2, 0) is 0 Å². The van der Waals surface area contributed by atoms with Gasteiger partial charge in [0.1, 0.15) is 18.2 Å². The van der Waals surface area contributed by atoms with Gasteiger partial charge in [0.2, 0.25) is 5.78 Å². The molecule has 140 valence electrons. The van der Waals surface area contributed by atoms with Crippen molar-refractivity contribution < 1.29 is 19.2 Å². The van der Waals surface area contributed by atoms with Gasteiger partial charge in [-0.3, -0.25) is 14.9 Å². The number of rotatable bonds is 8. The number of ether oxygens (including phenoxy) is 2. The molecule has 0 aliphatic rings. The minimum atomic E-state index is -0.614. The molecule has 0 unspecified atom stereocenters. The molecule has 0 saturated heterocycles. The molecule has 0 spiro atoms. The van der Waals surface area contributed by atoms with Gasteiger partial charge in [-0.15, -0.1) is 6.42 Å². The van der Waals surface area contributed by atoms with E-state index >= 15 is 0 Å². The van der Waals surface area contributed by atoms with Crippen LogP contribution in [0.3, 0.4) is 0 Å². The lowest BCUT2D eigenvalue weighted by molar-refractivity contribution is -0.384. The lowest BCUT2D eigenvalue weighted by Crippen LogP contribution is -2.03. The summed E-state index contributed by atoms with van der Waals surface area (Å²) in [6.07, 6.45) is 6.57. The number of benzene rings is 2. The molecule has 0 heterocycles. The maximum atomic E-state index is 12.6. The zero-order chi connectivity index (χ0) is 20.5. The van der Waals surface area contributed by atoms with Gasteiger partial charge in [0.05, 0.1) is 11.5 Å². The highest BCUT2D eigenvalue weighted by Crippen LogP contribution is 2.29. The number of carbonyl (C=O) groups is 1. The molecule has 7 nitrogen and oxygen atoms in total. The van der Waals surface area contributed by atoms with Crippen LogP contribution in [-0.4, -0.2) is 23.9 Å². The summed E-state index contributed by atoms with van der Waals surface area (Å²) in [5.41, 5.74) is 0.199. The third-order valence-electron chi connectivity index (χ3n) is 3.57. The molecule has 2 rings (SSSR count). The molecular weight excluding hydrogens is 360 g/mol. The second-order valence-electron chi connectivity index (χ2n) is 5.44. The summed E-state index contributed by atoms with van der Waals surface area (Å²) in [5, 5.41) is 20.3. The van der Waals surface area contributed by atoms with E-state index in [2.05, 4.69) is 5.92 Å². The van der Waals surface area contributed by atoms with Gasteiger partial charge in [-0.25, -0.2) is 0 Å². The van der Waals surface area contributed by atoms with Crippen molar-refractivity contribution in [2.75, 3.05) is 13.2 Å². The lowest BCUT2D eigenvalue weighted by atomic mass is 10.0. The predicted octanol–water partition coefficient (Wildman–Crippen LogP) is 3.80. The van der Waals surface area contributed by atoms with Crippen LogP contribution in [0, 0.1) is 33.8 Å². The highest BCUT2D eigenvalue weighted by molar-refractivity contribution is 6.14. The fourth-order valence-electron chi connectivity index (χ4n) is 2.35. The normalized spacial score (nSPS) is 10.5. The van der Waals surface area contributed by atoms with Crippen LogP contribution in [0.4, 0.5) is 5.69 Å². The van der Waals surface area contributed by atoms with E-state index in [-0.39, 0.29) is 23.4 Å². The number of allylic oxidation sites excluding steroid dienone is 1. The Kier molecular flexibility index (Phi) is 6.90. The number of hydrogen-bond donors (Lipinski definition) is 0. The van der Waals surface area contributed by atoms with Crippen molar-refractivity contribution in [2.24, 2.45) is 0 Å². The standard InChI is InChI=1S/C21H16N2O5/c1-3-10-28-19-9-8-15(12-20(19)27-4-2)11-17(14-22)21(24)16-6-5-7-18(13-16)23(25)26/h1,5-9,11-13H,4,10H2,2H3/b17-11+. The Balaban J connectivity index is 2.38. The molecule has 2 aromatic rings. The summed E-state index contributed by atoms with van der Waals surface area (Å²) >= 11 is 0. The average Bonchev–Trinajstić information content (AvgIpc) is 2.71. The largest absolute Gasteiger partial charge is 0.490 e. The Morgan fingerprint density at radius 2 is 2.04 bits per heavy atom. The van der Waals surface area contributed by atoms with Crippen molar-refractivity contribution in [1.82, 2.24) is 0 Å². The van der Waals surface area contributed by atoms with Gasteiger partial charge in [0, 0.05) is 17.7 Å². The van der Waals surface area contributed by atoms with Crippen molar-refractivity contribution in [3.05, 3.63) is 69.3 Å². The van der Waals surface area contributed by atoms with Gasteiger partial charge in [-0.2, -0.15) is 5.26 Å². The highest BCUT2D eigenvalue weighted by Gasteiger charge is 2.16. The molecule has 28 heavy (non-hydrogen) atoms. The number of carbonyl (C=O) groups excluding carboxylic acids is 1. The molecule has 0 aliphatic carbocycles. The Hall–Kier alpha value is -4.10. The summed E-state index contributed by atoms with van der Waals surface area (Å²) in [4.78, 5) is 22.9. The quantitative estimate of drug-likeness (QED) is 0.173. The van der Waals surface area contributed by atoms with Gasteiger partial charge < -0.3 is 9.47 Å². The summed E-state index contributed by atoms with van der Waals surface area (Å²) in [7, 11) is 0. The molecule has 0 radical (unpaired) electrons. The third kappa shape index (κ3) is 4.96. The van der Waals surface area contributed by atoms with Crippen molar-refractivity contribution in [1.29, 1.82) is 5.26 Å². The average molecular weight is 376 g/mol. The van der Waals surface area contributed by atoms with Crippen molar-refractivity contribution in [3.63, 3.8) is 0 Å². The van der Waals surface area contributed by atoms with E-state index in [1.165, 1.54) is 24.3 Å². The molecule has 2 aromatic carbocycles. The Morgan fingerprint density at radius 3 is 2.68 bits per heavy atom. The highest BCUT2D eigenvalue weighted by atomic mass is 16.6. The molecule has 7 heteroatoms. The molecule has 0 amide bonds. The molecular formula is C21H16N2O5. The SMILES string of the molecule is C#CCOc1ccc(/C=C(\C#N)C(=O)c2cccc([N+](=O)[O-])c2)cc1OCC. The van der Waals surface area contributed by atoms with Crippen LogP contribution in [0.5, 0.6) is 11.5 Å². The van der Waals surface area contributed by atoms with Gasteiger partial charge in [-0.05, 0) is 30.7 Å². The maximum Gasteiger partial charge on any atom is 0.270 e. The first-order chi connectivity index (χ1) is 13.5. The van der Waals surface area contributed by atoms with Crippen LogP contribution in [0.25, 0.3) is 6.08 Å². The van der Waals surface area contributed by atoms with E-state index in [1.54, 1.807) is 25.1 Å². The molecule has 0 aromatic heterocycles. The number of nitrogens with zero attached hydrogens (tertiary/aromatic N) is 2. The van der Waals surface area contributed by atoms with E-state index < -0.39 is 10.7 Å². The van der Waals surface area contributed by atoms with E-state index in [0.29, 0.717) is 23.7 Å². The minimum absolute atomic E-state index is 0.0565. The number of hydrogen-bond acceptors (Lipinski definition) is 6. The molecule has 0 bridgehead atoms. The van der Waals surface area contributed by atoms with Crippen molar-refractivity contribution >= 4 is 17.5 Å². The van der Waals surface area contributed by atoms with E-state index in [0.717, 1.165) is 6.07 Å². The van der Waals surface area contributed by atoms with Crippen LogP contribution in [0.1, 0.15) is 22.8 Å². The maximum absolute atomic E-state index is 12.6. The van der Waals surface area contributed by atoms with Crippen molar-refractivity contribution in [2.45, 2.75) is 6.92 Å². The number of ketones is 1. The smallest absolute Gasteiger partial charge is 0.270 e. The van der Waals surface area contributed by atoms with Crippen LogP contribution < -0.4 is 9.47 Å². The fraction of sp³-hybridized carbons (Fsp3) is 0.143. The van der Waals surface area contributed by atoms with Crippen LogP contribution >= 0.6 is 0 Å². The number of terminal acetylenes is 1. The predicted molar refractivity (Wildman–Crippen MR) is 103 cm³/mol. The monoisotopic (exact) mass is 376 g/mol. The van der Waals surface area contributed by atoms with Crippen LogP contribution in [0.2, 0.25) is 0 Å². The minimum Gasteiger partial charge on any atom is -0.490 e. The first-order valence-corrected chi connectivity index (χ1v) is 8.24. The first-order valence-electron chi connectivity index (χ1n) is 8.24. The Labute approximate surface area is 162 Å². The number of Topliss-reactive ketones (excluding diaryl/α,β-unsaturated/α-hetero) is 1. The first kappa shape index (κ1) is 20.2. The van der Waals surface area contributed by atoms with Crippen molar-refractivity contribution in [3.8, 4) is 29.9 Å². The molecule has 0 N–H and O–H groups in total. The molecule has 0 saturated carbocycles. The summed E-state index contributed by atoms with van der Waals surface area (Å²) < 4.78 is 10.9. The lowest BCUT2D eigenvalue weighted by Gasteiger charge is -2.11. The number of nitro benzene ring substituents is 1. The van der Waals surface area contributed by atoms with Gasteiger partial charge in [-0.1, -0.05) is 24.1 Å². The second-order valence-corrected chi connectivity index (χ2v) is 5.44. The molecule has 0 fully saturated rings. The van der Waals surface area contributed by atoms with Gasteiger partial charge in [0.25, 0.3) is 5.69 Å². The van der Waals surface area contributed by atoms with Crippen LogP contribution in [0.15, 0.2) is 48.0 Å². The summed E-state index contributed by atoms with van der Waals surface area (Å²) in [6.45, 7) is 2.27. The molecule has 0 atom stereocenters. The fourth-order valence-corrected chi connectivity index (χ4v) is 2.35. The van der Waals surface area contributed by atoms with E-state index in [1.807, 2.05) is 6.07 Å².